The Morgan fingerprint density at radius 1 is 1.00 bits per heavy atom. The first kappa shape index (κ1) is 23.0. The zero-order valence-electron chi connectivity index (χ0n) is 18.2. The van der Waals surface area contributed by atoms with Crippen molar-refractivity contribution in [2.24, 2.45) is 0 Å². The lowest BCUT2D eigenvalue weighted by atomic mass is 10.2. The smallest absolute Gasteiger partial charge is 0.271 e. The number of hydrogen-bond acceptors (Lipinski definition) is 4. The van der Waals surface area contributed by atoms with Crippen molar-refractivity contribution in [3.05, 3.63) is 82.1 Å². The summed E-state index contributed by atoms with van der Waals surface area (Å²) in [6.07, 6.45) is 2.84. The van der Waals surface area contributed by atoms with E-state index < -0.39 is 11.8 Å². The quantitative estimate of drug-likeness (QED) is 0.432. The highest BCUT2D eigenvalue weighted by Gasteiger charge is 2.17. The van der Waals surface area contributed by atoms with E-state index in [2.05, 4.69) is 10.9 Å². The van der Waals surface area contributed by atoms with Gasteiger partial charge in [-0.3, -0.25) is 20.4 Å². The molecule has 0 atom stereocenters. The van der Waals surface area contributed by atoms with Crippen molar-refractivity contribution in [3.8, 4) is 17.2 Å². The van der Waals surface area contributed by atoms with Gasteiger partial charge in [0.1, 0.15) is 0 Å². The first-order valence-corrected chi connectivity index (χ1v) is 10.2. The summed E-state index contributed by atoms with van der Waals surface area (Å²) >= 11 is 6.17. The van der Waals surface area contributed by atoms with Crippen LogP contribution < -0.4 is 20.3 Å². The third-order valence-corrected chi connectivity index (χ3v) is 5.15. The predicted molar refractivity (Wildman–Crippen MR) is 124 cm³/mol. The number of carbonyl (C=O) groups excluding carboxylic acids is 2. The van der Waals surface area contributed by atoms with Gasteiger partial charge in [-0.1, -0.05) is 29.8 Å². The van der Waals surface area contributed by atoms with E-state index >= 15 is 0 Å². The number of halogens is 1. The highest BCUT2D eigenvalue weighted by atomic mass is 35.5. The van der Waals surface area contributed by atoms with E-state index in [0.29, 0.717) is 27.6 Å². The van der Waals surface area contributed by atoms with Crippen LogP contribution >= 0.6 is 11.6 Å². The van der Waals surface area contributed by atoms with Gasteiger partial charge in [0.15, 0.2) is 11.5 Å². The SMILES string of the molecule is COc1cc(/C=C/C(=O)NNC(=O)c2cc(C)n(-c3ccccc3)c2C)cc(Cl)c1OC. The summed E-state index contributed by atoms with van der Waals surface area (Å²) < 4.78 is 12.4. The van der Waals surface area contributed by atoms with Crippen molar-refractivity contribution in [3.63, 3.8) is 0 Å². The molecule has 0 fully saturated rings. The minimum atomic E-state index is -0.499. The summed E-state index contributed by atoms with van der Waals surface area (Å²) in [7, 11) is 2.99. The van der Waals surface area contributed by atoms with Crippen molar-refractivity contribution < 1.29 is 19.1 Å². The van der Waals surface area contributed by atoms with Crippen LogP contribution in [0.1, 0.15) is 27.3 Å². The Morgan fingerprint density at radius 2 is 1.72 bits per heavy atom. The van der Waals surface area contributed by atoms with E-state index in [1.807, 2.05) is 48.7 Å². The molecule has 0 aliphatic carbocycles. The lowest BCUT2D eigenvalue weighted by Gasteiger charge is -2.10. The Labute approximate surface area is 191 Å². The molecule has 8 heteroatoms. The maximum atomic E-state index is 12.6. The third-order valence-electron chi connectivity index (χ3n) is 4.87. The van der Waals surface area contributed by atoms with Gasteiger partial charge in [0.25, 0.3) is 11.8 Å². The van der Waals surface area contributed by atoms with Gasteiger partial charge in [0, 0.05) is 23.2 Å². The summed E-state index contributed by atoms with van der Waals surface area (Å²) in [6, 6.07) is 14.9. The van der Waals surface area contributed by atoms with Gasteiger partial charge in [-0.05, 0) is 55.8 Å². The fourth-order valence-corrected chi connectivity index (χ4v) is 3.70. The van der Waals surface area contributed by atoms with Crippen LogP contribution in [0, 0.1) is 13.8 Å². The zero-order chi connectivity index (χ0) is 23.3. The van der Waals surface area contributed by atoms with E-state index in [0.717, 1.165) is 17.1 Å². The number of ether oxygens (including phenoxy) is 2. The topological polar surface area (TPSA) is 81.6 Å². The van der Waals surface area contributed by atoms with Crippen LogP contribution in [0.25, 0.3) is 11.8 Å². The number of amides is 2. The number of methoxy groups -OCH3 is 2. The van der Waals surface area contributed by atoms with Crippen LogP contribution in [0.3, 0.4) is 0 Å². The second-order valence-electron chi connectivity index (χ2n) is 6.97. The molecular formula is C24H24ClN3O4. The second-order valence-corrected chi connectivity index (χ2v) is 7.38. The second kappa shape index (κ2) is 10.1. The molecule has 32 heavy (non-hydrogen) atoms. The minimum absolute atomic E-state index is 0.356. The summed E-state index contributed by atoms with van der Waals surface area (Å²) in [6.45, 7) is 3.78. The average molecular weight is 454 g/mol. The molecule has 0 spiro atoms. The molecule has 2 amide bonds. The third kappa shape index (κ3) is 4.95. The molecular weight excluding hydrogens is 430 g/mol. The number of nitrogens with one attached hydrogen (secondary N) is 2. The summed E-state index contributed by atoms with van der Waals surface area (Å²) in [5.41, 5.74) is 8.60. The van der Waals surface area contributed by atoms with Gasteiger partial charge in [0.05, 0.1) is 24.8 Å². The number of aromatic nitrogens is 1. The summed E-state index contributed by atoms with van der Waals surface area (Å²) in [4.78, 5) is 24.8. The maximum absolute atomic E-state index is 12.6. The van der Waals surface area contributed by atoms with E-state index in [1.165, 1.54) is 20.3 Å². The molecule has 0 radical (unpaired) electrons. The number of rotatable bonds is 6. The maximum Gasteiger partial charge on any atom is 0.271 e. The Balaban J connectivity index is 1.67. The monoisotopic (exact) mass is 453 g/mol. The summed E-state index contributed by atoms with van der Waals surface area (Å²) in [5, 5.41) is 0.356. The molecule has 166 valence electrons. The first-order valence-electron chi connectivity index (χ1n) is 9.80. The highest BCUT2D eigenvalue weighted by molar-refractivity contribution is 6.32. The molecule has 3 rings (SSSR count). The van der Waals surface area contributed by atoms with E-state index in [4.69, 9.17) is 21.1 Å². The fourth-order valence-electron chi connectivity index (χ4n) is 3.40. The largest absolute Gasteiger partial charge is 0.493 e. The molecule has 7 nitrogen and oxygen atoms in total. The van der Waals surface area contributed by atoms with Crippen LogP contribution in [0.15, 0.2) is 54.6 Å². The van der Waals surface area contributed by atoms with Gasteiger partial charge in [0.2, 0.25) is 0 Å². The van der Waals surface area contributed by atoms with Crippen LogP contribution in [-0.4, -0.2) is 30.6 Å². The zero-order valence-corrected chi connectivity index (χ0v) is 19.0. The Morgan fingerprint density at radius 3 is 2.38 bits per heavy atom. The number of benzene rings is 2. The molecule has 2 aromatic carbocycles. The van der Waals surface area contributed by atoms with Crippen LogP contribution in [0.2, 0.25) is 5.02 Å². The van der Waals surface area contributed by atoms with Crippen LogP contribution in [0.4, 0.5) is 0 Å². The molecule has 0 aliphatic rings. The minimum Gasteiger partial charge on any atom is -0.493 e. The van der Waals surface area contributed by atoms with Crippen molar-refractivity contribution >= 4 is 29.5 Å². The van der Waals surface area contributed by atoms with Gasteiger partial charge in [-0.2, -0.15) is 0 Å². The molecule has 2 N–H and O–H groups in total. The molecule has 0 bridgehead atoms. The number of para-hydroxylation sites is 1. The number of hydrogen-bond donors (Lipinski definition) is 2. The van der Waals surface area contributed by atoms with E-state index in [9.17, 15) is 9.59 Å². The number of nitrogens with zero attached hydrogens (tertiary/aromatic N) is 1. The number of aryl methyl sites for hydroxylation is 1. The number of carbonyl (C=O) groups is 2. The highest BCUT2D eigenvalue weighted by Crippen LogP contribution is 2.36. The Kier molecular flexibility index (Phi) is 7.22. The van der Waals surface area contributed by atoms with Crippen molar-refractivity contribution in [1.82, 2.24) is 15.4 Å². The number of hydrazine groups is 1. The summed E-state index contributed by atoms with van der Waals surface area (Å²) in [5.74, 6) is -0.0458. The standard InChI is InChI=1S/C24H24ClN3O4/c1-15-12-19(16(2)28(15)18-8-6-5-7-9-18)24(30)27-26-22(29)11-10-17-13-20(25)23(32-4)21(14-17)31-3/h5-14H,1-4H3,(H,26,29)(H,27,30)/b11-10+. The normalized spacial score (nSPS) is 10.8. The van der Waals surface area contributed by atoms with Gasteiger partial charge < -0.3 is 14.0 Å². The van der Waals surface area contributed by atoms with Crippen molar-refractivity contribution in [2.75, 3.05) is 14.2 Å². The van der Waals surface area contributed by atoms with Gasteiger partial charge in [-0.25, -0.2) is 0 Å². The Bertz CT molecular complexity index is 1170. The lowest BCUT2D eigenvalue weighted by molar-refractivity contribution is -0.117. The molecule has 0 unspecified atom stereocenters. The molecule has 0 saturated carbocycles. The average Bonchev–Trinajstić information content (AvgIpc) is 3.09. The molecule has 0 saturated heterocycles. The van der Waals surface area contributed by atoms with E-state index in [1.54, 1.807) is 24.3 Å². The molecule has 0 aliphatic heterocycles. The molecule has 3 aromatic rings. The van der Waals surface area contributed by atoms with Gasteiger partial charge in [-0.15, -0.1) is 0 Å². The van der Waals surface area contributed by atoms with Crippen LogP contribution in [0.5, 0.6) is 11.5 Å². The lowest BCUT2D eigenvalue weighted by Crippen LogP contribution is -2.40. The van der Waals surface area contributed by atoms with Gasteiger partial charge >= 0.3 is 0 Å². The first-order chi connectivity index (χ1) is 15.3. The fraction of sp³-hybridized carbons (Fsp3) is 0.167. The van der Waals surface area contributed by atoms with Crippen molar-refractivity contribution in [2.45, 2.75) is 13.8 Å². The predicted octanol–water partition coefficient (Wildman–Crippen LogP) is 4.24. The molecule has 1 heterocycles. The van der Waals surface area contributed by atoms with Crippen molar-refractivity contribution in [1.29, 1.82) is 0 Å². The van der Waals surface area contributed by atoms with Crippen LogP contribution in [-0.2, 0) is 4.79 Å². The molecule has 1 aromatic heterocycles. The van der Waals surface area contributed by atoms with E-state index in [-0.39, 0.29) is 0 Å². The Hall–Kier alpha value is -3.71.